The van der Waals surface area contributed by atoms with Crippen LogP contribution in [-0.4, -0.2) is 37.3 Å². The Labute approximate surface area is 120 Å². The van der Waals surface area contributed by atoms with Gasteiger partial charge in [0.05, 0.1) is 12.1 Å². The lowest BCUT2D eigenvalue weighted by molar-refractivity contribution is 0.118. The second kappa shape index (κ2) is 6.99. The summed E-state index contributed by atoms with van der Waals surface area (Å²) in [7, 11) is 1.89. The molecule has 0 radical (unpaired) electrons. The quantitative estimate of drug-likeness (QED) is 0.812. The third-order valence-corrected chi connectivity index (χ3v) is 3.86. The highest BCUT2D eigenvalue weighted by molar-refractivity contribution is 5.44. The van der Waals surface area contributed by atoms with Crippen molar-refractivity contribution in [1.82, 2.24) is 10.3 Å². The summed E-state index contributed by atoms with van der Waals surface area (Å²) in [5.41, 5.74) is 0.668. The molecular formula is C15H24FN3O. The normalized spacial score (nSPS) is 22.2. The maximum atomic E-state index is 14.5. The fourth-order valence-electron chi connectivity index (χ4n) is 2.64. The van der Waals surface area contributed by atoms with Crippen molar-refractivity contribution in [2.24, 2.45) is 0 Å². The lowest BCUT2D eigenvalue weighted by Crippen LogP contribution is -2.38. The number of hydrogen-bond acceptors (Lipinski definition) is 4. The molecule has 2 heterocycles. The molecule has 0 aliphatic carbocycles. The average molecular weight is 281 g/mol. The van der Waals surface area contributed by atoms with Crippen LogP contribution in [0.5, 0.6) is 0 Å². The van der Waals surface area contributed by atoms with Crippen LogP contribution in [0.15, 0.2) is 12.3 Å². The molecule has 1 aromatic rings. The zero-order valence-corrected chi connectivity index (χ0v) is 12.5. The van der Waals surface area contributed by atoms with Gasteiger partial charge in [-0.05, 0) is 32.4 Å². The molecule has 2 unspecified atom stereocenters. The maximum Gasteiger partial charge on any atom is 0.170 e. The second-order valence-electron chi connectivity index (χ2n) is 5.33. The molecule has 0 amide bonds. The first kappa shape index (κ1) is 15.2. The van der Waals surface area contributed by atoms with E-state index >= 15 is 0 Å². The van der Waals surface area contributed by atoms with Crippen molar-refractivity contribution in [1.29, 1.82) is 0 Å². The van der Waals surface area contributed by atoms with Crippen LogP contribution in [0, 0.1) is 5.82 Å². The van der Waals surface area contributed by atoms with Crippen LogP contribution in [0.25, 0.3) is 0 Å². The Morgan fingerprint density at radius 3 is 3.00 bits per heavy atom. The number of anilines is 1. The smallest absolute Gasteiger partial charge is 0.170 e. The van der Waals surface area contributed by atoms with Crippen LogP contribution in [0.3, 0.4) is 0 Å². The molecule has 20 heavy (non-hydrogen) atoms. The molecule has 0 saturated carbocycles. The SMILES string of the molecule is CCCNCc1ccnc(N(C)C2CCOC2C)c1F. The van der Waals surface area contributed by atoms with Crippen molar-refractivity contribution in [3.8, 4) is 0 Å². The monoisotopic (exact) mass is 281 g/mol. The Balaban J connectivity index is 2.12. The van der Waals surface area contributed by atoms with Gasteiger partial charge >= 0.3 is 0 Å². The topological polar surface area (TPSA) is 37.4 Å². The minimum atomic E-state index is -0.224. The van der Waals surface area contributed by atoms with Gasteiger partial charge in [-0.3, -0.25) is 0 Å². The third kappa shape index (κ3) is 3.27. The van der Waals surface area contributed by atoms with Gasteiger partial charge in [-0.25, -0.2) is 9.37 Å². The summed E-state index contributed by atoms with van der Waals surface area (Å²) in [5.74, 6) is 0.195. The van der Waals surface area contributed by atoms with Crippen LogP contribution in [0.4, 0.5) is 10.2 Å². The maximum absolute atomic E-state index is 14.5. The number of hydrogen-bond donors (Lipinski definition) is 1. The number of likely N-dealkylation sites (N-methyl/N-ethyl adjacent to an activating group) is 1. The minimum absolute atomic E-state index is 0.114. The first-order valence-corrected chi connectivity index (χ1v) is 7.33. The standard InChI is InChI=1S/C15H24FN3O/c1-4-7-17-10-12-5-8-18-15(14(12)16)19(3)13-6-9-20-11(13)2/h5,8,11,13,17H,4,6-7,9-10H2,1-3H3. The lowest BCUT2D eigenvalue weighted by atomic mass is 10.1. The fraction of sp³-hybridized carbons (Fsp3) is 0.667. The first-order chi connectivity index (χ1) is 9.65. The van der Waals surface area contributed by atoms with E-state index in [2.05, 4.69) is 17.2 Å². The van der Waals surface area contributed by atoms with Crippen molar-refractivity contribution in [3.05, 3.63) is 23.6 Å². The molecule has 2 atom stereocenters. The molecule has 2 rings (SSSR count). The molecule has 1 aromatic heterocycles. The molecule has 1 saturated heterocycles. The first-order valence-electron chi connectivity index (χ1n) is 7.33. The van der Waals surface area contributed by atoms with E-state index in [1.54, 1.807) is 12.3 Å². The van der Waals surface area contributed by atoms with Crippen molar-refractivity contribution < 1.29 is 9.13 Å². The Hall–Kier alpha value is -1.20. The summed E-state index contributed by atoms with van der Waals surface area (Å²) < 4.78 is 20.1. The van der Waals surface area contributed by atoms with E-state index in [1.165, 1.54) is 0 Å². The van der Waals surface area contributed by atoms with Crippen LogP contribution < -0.4 is 10.2 Å². The summed E-state index contributed by atoms with van der Waals surface area (Å²) in [4.78, 5) is 6.13. The van der Waals surface area contributed by atoms with Gasteiger partial charge in [0.1, 0.15) is 0 Å². The number of pyridine rings is 1. The molecular weight excluding hydrogens is 257 g/mol. The van der Waals surface area contributed by atoms with E-state index in [0.29, 0.717) is 17.9 Å². The largest absolute Gasteiger partial charge is 0.376 e. The Kier molecular flexibility index (Phi) is 5.31. The van der Waals surface area contributed by atoms with E-state index in [1.807, 2.05) is 18.9 Å². The Bertz CT molecular complexity index is 441. The van der Waals surface area contributed by atoms with E-state index in [4.69, 9.17) is 4.74 Å². The predicted molar refractivity (Wildman–Crippen MR) is 78.4 cm³/mol. The molecule has 1 aliphatic heterocycles. The van der Waals surface area contributed by atoms with E-state index in [0.717, 1.165) is 26.0 Å². The number of nitrogens with zero attached hydrogens (tertiary/aromatic N) is 2. The molecule has 5 heteroatoms. The Morgan fingerprint density at radius 2 is 2.35 bits per heavy atom. The summed E-state index contributed by atoms with van der Waals surface area (Å²) >= 11 is 0. The van der Waals surface area contributed by atoms with Gasteiger partial charge in [0.2, 0.25) is 0 Å². The summed E-state index contributed by atoms with van der Waals surface area (Å²) in [6.07, 6.45) is 3.74. The van der Waals surface area contributed by atoms with E-state index in [9.17, 15) is 4.39 Å². The van der Waals surface area contributed by atoms with Crippen LogP contribution in [0.1, 0.15) is 32.3 Å². The molecule has 1 aliphatic rings. The molecule has 1 N–H and O–H groups in total. The molecule has 0 aromatic carbocycles. The summed E-state index contributed by atoms with van der Waals surface area (Å²) in [6, 6.07) is 1.93. The van der Waals surface area contributed by atoms with Gasteiger partial charge < -0.3 is 15.0 Å². The third-order valence-electron chi connectivity index (χ3n) is 3.86. The minimum Gasteiger partial charge on any atom is -0.376 e. The zero-order chi connectivity index (χ0) is 14.5. The van der Waals surface area contributed by atoms with E-state index in [-0.39, 0.29) is 18.0 Å². The van der Waals surface area contributed by atoms with Crippen LogP contribution in [0.2, 0.25) is 0 Å². The predicted octanol–water partition coefficient (Wildman–Crippen LogP) is 2.33. The van der Waals surface area contributed by atoms with Gasteiger partial charge in [-0.15, -0.1) is 0 Å². The molecule has 1 fully saturated rings. The number of halogens is 1. The van der Waals surface area contributed by atoms with Crippen molar-refractivity contribution in [2.45, 2.75) is 45.4 Å². The fourth-order valence-corrected chi connectivity index (χ4v) is 2.64. The number of nitrogens with one attached hydrogen (secondary N) is 1. The highest BCUT2D eigenvalue weighted by Gasteiger charge is 2.30. The second-order valence-corrected chi connectivity index (χ2v) is 5.33. The summed E-state index contributed by atoms with van der Waals surface area (Å²) in [5, 5.41) is 3.23. The molecule has 4 nitrogen and oxygen atoms in total. The highest BCUT2D eigenvalue weighted by atomic mass is 19.1. The van der Waals surface area contributed by atoms with Gasteiger partial charge in [0.25, 0.3) is 0 Å². The number of rotatable bonds is 6. The van der Waals surface area contributed by atoms with Crippen LogP contribution >= 0.6 is 0 Å². The van der Waals surface area contributed by atoms with Crippen molar-refractivity contribution in [2.75, 3.05) is 25.1 Å². The van der Waals surface area contributed by atoms with Gasteiger partial charge in [-0.2, -0.15) is 0 Å². The highest BCUT2D eigenvalue weighted by Crippen LogP contribution is 2.26. The number of ether oxygens (including phenoxy) is 1. The number of aromatic nitrogens is 1. The van der Waals surface area contributed by atoms with Crippen molar-refractivity contribution >= 4 is 5.82 Å². The van der Waals surface area contributed by atoms with Crippen LogP contribution in [-0.2, 0) is 11.3 Å². The Morgan fingerprint density at radius 1 is 1.55 bits per heavy atom. The van der Waals surface area contributed by atoms with Crippen molar-refractivity contribution in [3.63, 3.8) is 0 Å². The average Bonchev–Trinajstić information content (AvgIpc) is 2.86. The van der Waals surface area contributed by atoms with Gasteiger partial charge in [0.15, 0.2) is 11.6 Å². The molecule has 0 spiro atoms. The lowest BCUT2D eigenvalue weighted by Gasteiger charge is -2.28. The van der Waals surface area contributed by atoms with Gasteiger partial charge in [0, 0.05) is 32.0 Å². The van der Waals surface area contributed by atoms with Gasteiger partial charge in [-0.1, -0.05) is 6.92 Å². The molecule has 112 valence electrons. The van der Waals surface area contributed by atoms with E-state index < -0.39 is 0 Å². The molecule has 0 bridgehead atoms. The summed E-state index contributed by atoms with van der Waals surface area (Å²) in [6.45, 7) is 6.28. The zero-order valence-electron chi connectivity index (χ0n) is 12.5.